The second kappa shape index (κ2) is 15.8. The van der Waals surface area contributed by atoms with Crippen LogP contribution in [0.25, 0.3) is 0 Å². The highest BCUT2D eigenvalue weighted by molar-refractivity contribution is 7.92. The number of carbonyl (C=O) groups excluding carboxylic acids is 2. The maximum atomic E-state index is 15.0. The van der Waals surface area contributed by atoms with Crippen LogP contribution in [0.1, 0.15) is 30.9 Å². The maximum Gasteiger partial charge on any atom is 0.269 e. The lowest BCUT2D eigenvalue weighted by molar-refractivity contribution is -0.384. The molecule has 2 amide bonds. The Hall–Kier alpha value is -5.10. The average Bonchev–Trinajstić information content (AvgIpc) is 3.06. The van der Waals surface area contributed by atoms with Crippen LogP contribution in [-0.4, -0.2) is 49.2 Å². The molecule has 0 aliphatic heterocycles. The van der Waals surface area contributed by atoms with Crippen LogP contribution in [0.2, 0.25) is 0 Å². The molecule has 10 nitrogen and oxygen atoms in total. The summed E-state index contributed by atoms with van der Waals surface area (Å²) in [6, 6.07) is 26.0. The lowest BCUT2D eigenvalue weighted by Gasteiger charge is -2.34. The van der Waals surface area contributed by atoms with Crippen molar-refractivity contribution in [3.8, 4) is 0 Å². The number of nitro groups is 1. The molecule has 1 unspecified atom stereocenters. The van der Waals surface area contributed by atoms with E-state index in [1.807, 2.05) is 13.0 Å². The number of benzene rings is 4. The second-order valence-electron chi connectivity index (χ2n) is 10.6. The average molecular weight is 647 g/mol. The molecule has 12 heteroatoms. The van der Waals surface area contributed by atoms with Crippen LogP contribution in [0.15, 0.2) is 114 Å². The summed E-state index contributed by atoms with van der Waals surface area (Å²) in [7, 11) is -4.38. The first kappa shape index (κ1) is 33.8. The summed E-state index contributed by atoms with van der Waals surface area (Å²) in [5.74, 6) is -1.82. The van der Waals surface area contributed by atoms with Gasteiger partial charge in [-0.15, -0.1) is 0 Å². The van der Waals surface area contributed by atoms with E-state index in [-0.39, 0.29) is 34.8 Å². The first-order valence-corrected chi connectivity index (χ1v) is 16.2. The van der Waals surface area contributed by atoms with Crippen molar-refractivity contribution in [3.63, 3.8) is 0 Å². The predicted octanol–water partition coefficient (Wildman–Crippen LogP) is 5.49. The van der Waals surface area contributed by atoms with Gasteiger partial charge in [-0.3, -0.25) is 24.0 Å². The summed E-state index contributed by atoms with van der Waals surface area (Å²) in [4.78, 5) is 39.9. The Morgan fingerprint density at radius 3 is 2.11 bits per heavy atom. The lowest BCUT2D eigenvalue weighted by atomic mass is 10.0. The number of nitrogens with zero attached hydrogens (tertiary/aromatic N) is 3. The highest BCUT2D eigenvalue weighted by atomic mass is 32.2. The topological polar surface area (TPSA) is 130 Å². The van der Waals surface area contributed by atoms with Crippen molar-refractivity contribution in [2.45, 2.75) is 43.7 Å². The van der Waals surface area contributed by atoms with Gasteiger partial charge in [0.1, 0.15) is 18.4 Å². The van der Waals surface area contributed by atoms with Crippen LogP contribution in [0.5, 0.6) is 0 Å². The highest BCUT2D eigenvalue weighted by Crippen LogP contribution is 2.27. The molecule has 0 aliphatic rings. The third-order valence-corrected chi connectivity index (χ3v) is 9.15. The Kier molecular flexibility index (Phi) is 11.6. The molecule has 0 spiro atoms. The molecule has 0 aliphatic carbocycles. The predicted molar refractivity (Wildman–Crippen MR) is 173 cm³/mol. The molecule has 4 aromatic rings. The van der Waals surface area contributed by atoms with Crippen molar-refractivity contribution >= 4 is 33.2 Å². The second-order valence-corrected chi connectivity index (χ2v) is 12.4. The first-order chi connectivity index (χ1) is 22.1. The number of nitro benzene ring substituents is 1. The number of anilines is 1. The fourth-order valence-corrected chi connectivity index (χ4v) is 6.29. The van der Waals surface area contributed by atoms with Crippen LogP contribution < -0.4 is 9.62 Å². The molecule has 4 rings (SSSR count). The van der Waals surface area contributed by atoms with Crippen molar-refractivity contribution in [2.75, 3.05) is 17.4 Å². The first-order valence-electron chi connectivity index (χ1n) is 14.8. The van der Waals surface area contributed by atoms with Gasteiger partial charge in [0, 0.05) is 37.2 Å². The standard InChI is InChI=1S/C34H35FN4O6S/c1-2-3-22-36-34(41)32(23-26-12-6-4-7-13-26)37(24-27-14-10-11-17-31(27)35)33(40)25-38(28-18-20-29(21-19-28)39(42)43)46(44,45)30-15-8-5-9-16-30/h4-21,32H,2-3,22-25H2,1H3,(H,36,41). The van der Waals surface area contributed by atoms with Crippen LogP contribution in [0.4, 0.5) is 15.8 Å². The summed E-state index contributed by atoms with van der Waals surface area (Å²) >= 11 is 0. The van der Waals surface area contributed by atoms with Gasteiger partial charge in [-0.2, -0.15) is 0 Å². The molecular formula is C34H35FN4O6S. The Morgan fingerprint density at radius 2 is 1.50 bits per heavy atom. The van der Waals surface area contributed by atoms with Crippen molar-refractivity contribution < 1.29 is 27.3 Å². The zero-order chi connectivity index (χ0) is 33.1. The Balaban J connectivity index is 1.80. The van der Waals surface area contributed by atoms with Crippen molar-refractivity contribution in [1.29, 1.82) is 0 Å². The van der Waals surface area contributed by atoms with E-state index in [2.05, 4.69) is 5.32 Å². The molecule has 0 aromatic heterocycles. The number of non-ortho nitro benzene ring substituents is 1. The summed E-state index contributed by atoms with van der Waals surface area (Å²) in [5, 5.41) is 14.2. The van der Waals surface area contributed by atoms with Gasteiger partial charge in [-0.25, -0.2) is 12.8 Å². The quantitative estimate of drug-likeness (QED) is 0.103. The van der Waals surface area contributed by atoms with E-state index in [9.17, 15) is 32.5 Å². The molecule has 0 saturated heterocycles. The number of amides is 2. The Morgan fingerprint density at radius 1 is 0.891 bits per heavy atom. The fraction of sp³-hybridized carbons (Fsp3) is 0.235. The molecule has 1 N–H and O–H groups in total. The summed E-state index contributed by atoms with van der Waals surface area (Å²) in [6.45, 7) is 1.25. The number of hydrogen-bond acceptors (Lipinski definition) is 6. The molecular weight excluding hydrogens is 611 g/mol. The van der Waals surface area contributed by atoms with Gasteiger partial charge >= 0.3 is 0 Å². The number of unbranched alkanes of at least 4 members (excludes halogenated alkanes) is 1. The Labute approximate surface area is 267 Å². The van der Waals surface area contributed by atoms with Gasteiger partial charge in [-0.05, 0) is 42.3 Å². The zero-order valence-corrected chi connectivity index (χ0v) is 26.1. The third kappa shape index (κ3) is 8.54. The monoisotopic (exact) mass is 646 g/mol. The third-order valence-electron chi connectivity index (χ3n) is 7.36. The normalized spacial score (nSPS) is 11.8. The number of sulfonamides is 1. The minimum absolute atomic E-state index is 0.000603. The number of nitrogens with one attached hydrogen (secondary N) is 1. The van der Waals surface area contributed by atoms with Gasteiger partial charge in [-0.1, -0.05) is 80.1 Å². The van der Waals surface area contributed by atoms with E-state index in [1.165, 1.54) is 59.5 Å². The zero-order valence-electron chi connectivity index (χ0n) is 25.3. The molecule has 1 atom stereocenters. The van der Waals surface area contributed by atoms with Crippen molar-refractivity contribution in [2.24, 2.45) is 0 Å². The highest BCUT2D eigenvalue weighted by Gasteiger charge is 2.35. The lowest BCUT2D eigenvalue weighted by Crippen LogP contribution is -2.53. The van der Waals surface area contributed by atoms with Gasteiger partial charge in [0.2, 0.25) is 11.8 Å². The molecule has 0 heterocycles. The van der Waals surface area contributed by atoms with E-state index in [0.29, 0.717) is 13.0 Å². The molecule has 0 fully saturated rings. The van der Waals surface area contributed by atoms with Crippen LogP contribution >= 0.6 is 0 Å². The van der Waals surface area contributed by atoms with E-state index < -0.39 is 45.2 Å². The fourth-order valence-electron chi connectivity index (χ4n) is 4.86. The number of halogens is 1. The Bertz CT molecular complexity index is 1740. The van der Waals surface area contributed by atoms with Gasteiger partial charge in [0.25, 0.3) is 15.7 Å². The minimum atomic E-state index is -4.38. The maximum absolute atomic E-state index is 15.0. The molecule has 4 aromatic carbocycles. The van der Waals surface area contributed by atoms with Gasteiger partial charge in [0.05, 0.1) is 15.5 Å². The SMILES string of the molecule is CCCCNC(=O)C(Cc1ccccc1)N(Cc1ccccc1F)C(=O)CN(c1ccc([N+](=O)[O-])cc1)S(=O)(=O)c1ccccc1. The number of rotatable bonds is 15. The summed E-state index contributed by atoms with van der Waals surface area (Å²) in [6.07, 6.45) is 1.61. The van der Waals surface area contributed by atoms with Gasteiger partial charge < -0.3 is 10.2 Å². The summed E-state index contributed by atoms with van der Waals surface area (Å²) in [5.41, 5.74) is 0.623. The molecule has 0 saturated carbocycles. The molecule has 0 bridgehead atoms. The van der Waals surface area contributed by atoms with E-state index in [1.54, 1.807) is 36.4 Å². The van der Waals surface area contributed by atoms with Gasteiger partial charge in [0.15, 0.2) is 0 Å². The van der Waals surface area contributed by atoms with E-state index >= 15 is 0 Å². The van der Waals surface area contributed by atoms with Crippen LogP contribution in [-0.2, 0) is 32.6 Å². The molecule has 46 heavy (non-hydrogen) atoms. The van der Waals surface area contributed by atoms with E-state index in [4.69, 9.17) is 0 Å². The minimum Gasteiger partial charge on any atom is -0.354 e. The number of hydrogen-bond donors (Lipinski definition) is 1. The summed E-state index contributed by atoms with van der Waals surface area (Å²) < 4.78 is 43.8. The van der Waals surface area contributed by atoms with Crippen molar-refractivity contribution in [1.82, 2.24) is 10.2 Å². The van der Waals surface area contributed by atoms with E-state index in [0.717, 1.165) is 28.4 Å². The van der Waals surface area contributed by atoms with Crippen LogP contribution in [0.3, 0.4) is 0 Å². The number of carbonyl (C=O) groups is 2. The smallest absolute Gasteiger partial charge is 0.269 e. The molecule has 0 radical (unpaired) electrons. The molecule has 240 valence electrons. The van der Waals surface area contributed by atoms with Crippen LogP contribution in [0, 0.1) is 15.9 Å². The largest absolute Gasteiger partial charge is 0.354 e. The van der Waals surface area contributed by atoms with Crippen molar-refractivity contribution in [3.05, 3.63) is 136 Å².